The molecule has 0 saturated carbocycles. The number of H-pyrrole nitrogens is 1. The highest BCUT2D eigenvalue weighted by Crippen LogP contribution is 2.52. The smallest absolute Gasteiger partial charge is 0.257 e. The second-order valence-electron chi connectivity index (χ2n) is 7.84. The summed E-state index contributed by atoms with van der Waals surface area (Å²) in [5.74, 6) is 0.00744. The molecule has 1 aliphatic carbocycles. The van der Waals surface area contributed by atoms with E-state index < -0.39 is 6.10 Å². The minimum Gasteiger partial charge on any atom is -0.390 e. The second kappa shape index (κ2) is 6.31. The molecule has 28 heavy (non-hydrogen) atoms. The second-order valence-corrected chi connectivity index (χ2v) is 7.84. The number of aromatic nitrogens is 4. The van der Waals surface area contributed by atoms with Crippen molar-refractivity contribution in [3.05, 3.63) is 71.6 Å². The van der Waals surface area contributed by atoms with E-state index in [-0.39, 0.29) is 17.4 Å². The number of hydrogen-bond donors (Lipinski definition) is 2. The number of aromatic amines is 1. The number of nitrogens with zero attached hydrogens (tertiary/aromatic N) is 4. The van der Waals surface area contributed by atoms with Crippen molar-refractivity contribution in [1.82, 2.24) is 24.6 Å². The number of amides is 1. The molecule has 1 saturated heterocycles. The first-order chi connectivity index (χ1) is 13.6. The summed E-state index contributed by atoms with van der Waals surface area (Å²) in [6, 6.07) is 8.15. The maximum absolute atomic E-state index is 12.9. The summed E-state index contributed by atoms with van der Waals surface area (Å²) < 4.78 is 1.99. The molecule has 144 valence electrons. The van der Waals surface area contributed by atoms with Crippen molar-refractivity contribution in [2.45, 2.75) is 37.3 Å². The Morgan fingerprint density at radius 2 is 2.07 bits per heavy atom. The van der Waals surface area contributed by atoms with Gasteiger partial charge >= 0.3 is 0 Å². The summed E-state index contributed by atoms with van der Waals surface area (Å²) >= 11 is 0. The van der Waals surface area contributed by atoms with E-state index in [1.165, 1.54) is 5.56 Å². The summed E-state index contributed by atoms with van der Waals surface area (Å²) in [7, 11) is 0. The van der Waals surface area contributed by atoms with E-state index in [9.17, 15) is 9.90 Å². The predicted octanol–water partition coefficient (Wildman–Crippen LogP) is 2.05. The average Bonchev–Trinajstić information content (AvgIpc) is 3.44. The Labute approximate surface area is 163 Å². The highest BCUT2D eigenvalue weighted by atomic mass is 16.3. The van der Waals surface area contributed by atoms with Gasteiger partial charge in [0.2, 0.25) is 0 Å². The summed E-state index contributed by atoms with van der Waals surface area (Å²) in [5, 5.41) is 18.2. The largest absolute Gasteiger partial charge is 0.390 e. The number of aliphatic hydroxyl groups excluding tert-OH is 1. The Kier molecular flexibility index (Phi) is 3.87. The zero-order chi connectivity index (χ0) is 19.3. The summed E-state index contributed by atoms with van der Waals surface area (Å²) in [5.41, 5.74) is 3.43. The van der Waals surface area contributed by atoms with Crippen LogP contribution in [0.25, 0.3) is 0 Å². The van der Waals surface area contributed by atoms with Crippen LogP contribution in [0, 0.1) is 6.92 Å². The third kappa shape index (κ3) is 2.36. The fraction of sp³-hybridized carbons (Fsp3) is 0.381. The first kappa shape index (κ1) is 17.2. The quantitative estimate of drug-likeness (QED) is 0.716. The van der Waals surface area contributed by atoms with Crippen molar-refractivity contribution in [1.29, 1.82) is 0 Å². The Morgan fingerprint density at radius 3 is 2.75 bits per heavy atom. The van der Waals surface area contributed by atoms with Crippen LogP contribution in [-0.2, 0) is 5.41 Å². The van der Waals surface area contributed by atoms with Crippen molar-refractivity contribution in [2.75, 3.05) is 13.1 Å². The number of fused-ring (bicyclic) bond motifs is 2. The van der Waals surface area contributed by atoms with Gasteiger partial charge in [-0.25, -0.2) is 4.98 Å². The topological polar surface area (TPSA) is 87.0 Å². The Bertz CT molecular complexity index is 1000. The number of rotatable bonds is 2. The molecule has 1 aliphatic heterocycles. The summed E-state index contributed by atoms with van der Waals surface area (Å²) in [6.07, 6.45) is 7.93. The Balaban J connectivity index is 1.45. The summed E-state index contributed by atoms with van der Waals surface area (Å²) in [6.45, 7) is 3.09. The Hall–Kier alpha value is -2.93. The third-order valence-electron chi connectivity index (χ3n) is 6.53. The molecule has 7 heteroatoms. The lowest BCUT2D eigenvalue weighted by Crippen LogP contribution is -2.50. The van der Waals surface area contributed by atoms with Crippen LogP contribution in [0.1, 0.15) is 46.1 Å². The van der Waals surface area contributed by atoms with Crippen molar-refractivity contribution in [3.63, 3.8) is 0 Å². The van der Waals surface area contributed by atoms with Gasteiger partial charge in [-0.2, -0.15) is 5.10 Å². The highest BCUT2D eigenvalue weighted by Gasteiger charge is 2.53. The number of piperidine rings is 1. The molecule has 3 aromatic rings. The van der Waals surface area contributed by atoms with Gasteiger partial charge in [-0.1, -0.05) is 24.3 Å². The monoisotopic (exact) mass is 377 g/mol. The van der Waals surface area contributed by atoms with Gasteiger partial charge in [0.25, 0.3) is 5.91 Å². The van der Waals surface area contributed by atoms with Crippen molar-refractivity contribution in [3.8, 4) is 0 Å². The number of imidazole rings is 1. The molecule has 7 nitrogen and oxygen atoms in total. The maximum atomic E-state index is 12.9. The molecule has 1 amide bonds. The zero-order valence-corrected chi connectivity index (χ0v) is 15.7. The fourth-order valence-corrected chi connectivity index (χ4v) is 5.01. The van der Waals surface area contributed by atoms with Crippen LogP contribution in [0.3, 0.4) is 0 Å². The molecule has 1 spiro atoms. The first-order valence-corrected chi connectivity index (χ1v) is 9.66. The molecule has 1 aromatic carbocycles. The van der Waals surface area contributed by atoms with Gasteiger partial charge in [0.1, 0.15) is 0 Å². The van der Waals surface area contributed by atoms with Gasteiger partial charge in [0.05, 0.1) is 30.2 Å². The van der Waals surface area contributed by atoms with Crippen LogP contribution in [0.2, 0.25) is 0 Å². The SMILES string of the molecule is Cc1[nH]ncc1C(=O)N1CCC2(CC1)c1ccccc1[C@@H](n1ccnc1)[C@@H]2O. The molecule has 2 atom stereocenters. The van der Waals surface area contributed by atoms with Gasteiger partial charge in [-0.15, -0.1) is 0 Å². The standard InChI is InChI=1S/C21H23N5O2/c1-14-16(12-23-24-14)20(28)25-9-6-21(7-10-25)17-5-3-2-4-15(17)18(19(21)27)26-11-8-22-13-26/h2-5,8,11-13,18-19,27H,6-7,9-10H2,1H3,(H,23,24)/t18-,19+/m1/s1. The van der Waals surface area contributed by atoms with Crippen LogP contribution in [0.15, 0.2) is 49.2 Å². The molecule has 0 unspecified atom stereocenters. The molecule has 5 rings (SSSR count). The van der Waals surface area contributed by atoms with E-state index in [0.717, 1.165) is 24.1 Å². The number of likely N-dealkylation sites (tertiary alicyclic amines) is 1. The highest BCUT2D eigenvalue weighted by molar-refractivity contribution is 5.95. The lowest BCUT2D eigenvalue weighted by molar-refractivity contribution is 0.0208. The lowest BCUT2D eigenvalue weighted by atomic mass is 9.72. The number of benzene rings is 1. The molecule has 0 bridgehead atoms. The van der Waals surface area contributed by atoms with Gasteiger partial charge in [0.15, 0.2) is 0 Å². The normalized spacial score (nSPS) is 23.1. The van der Waals surface area contributed by atoms with Gasteiger partial charge in [-0.05, 0) is 30.9 Å². The van der Waals surface area contributed by atoms with E-state index in [4.69, 9.17) is 0 Å². The van der Waals surface area contributed by atoms with Crippen molar-refractivity contribution < 1.29 is 9.90 Å². The van der Waals surface area contributed by atoms with Gasteiger partial charge < -0.3 is 14.6 Å². The number of aryl methyl sites for hydroxylation is 1. The fourth-order valence-electron chi connectivity index (χ4n) is 5.01. The maximum Gasteiger partial charge on any atom is 0.257 e. The van der Waals surface area contributed by atoms with Crippen LogP contribution in [-0.4, -0.2) is 54.9 Å². The van der Waals surface area contributed by atoms with Crippen LogP contribution in [0.5, 0.6) is 0 Å². The van der Waals surface area contributed by atoms with Gasteiger partial charge in [0, 0.05) is 36.6 Å². The summed E-state index contributed by atoms with van der Waals surface area (Å²) in [4.78, 5) is 18.9. The van der Waals surface area contributed by atoms with Crippen LogP contribution in [0.4, 0.5) is 0 Å². The zero-order valence-electron chi connectivity index (χ0n) is 15.7. The average molecular weight is 377 g/mol. The number of aliphatic hydroxyl groups is 1. The number of nitrogens with one attached hydrogen (secondary N) is 1. The number of carbonyl (C=O) groups excluding carboxylic acids is 1. The molecule has 2 aliphatic rings. The molecule has 2 aromatic heterocycles. The molecular weight excluding hydrogens is 354 g/mol. The van der Waals surface area contributed by atoms with Crippen LogP contribution < -0.4 is 0 Å². The van der Waals surface area contributed by atoms with E-state index >= 15 is 0 Å². The van der Waals surface area contributed by atoms with E-state index in [2.05, 4.69) is 27.3 Å². The van der Waals surface area contributed by atoms with Crippen LogP contribution >= 0.6 is 0 Å². The van der Waals surface area contributed by atoms with E-state index in [1.807, 2.05) is 34.7 Å². The van der Waals surface area contributed by atoms with Gasteiger partial charge in [-0.3, -0.25) is 9.89 Å². The number of carbonyl (C=O) groups is 1. The van der Waals surface area contributed by atoms with E-state index in [1.54, 1.807) is 18.7 Å². The Morgan fingerprint density at radius 1 is 1.29 bits per heavy atom. The first-order valence-electron chi connectivity index (χ1n) is 9.66. The molecular formula is C21H23N5O2. The van der Waals surface area contributed by atoms with Crippen molar-refractivity contribution >= 4 is 5.91 Å². The lowest BCUT2D eigenvalue weighted by Gasteiger charge is -2.42. The third-order valence-corrected chi connectivity index (χ3v) is 6.53. The van der Waals surface area contributed by atoms with Crippen molar-refractivity contribution in [2.24, 2.45) is 0 Å². The number of hydrogen-bond acceptors (Lipinski definition) is 4. The van der Waals surface area contributed by atoms with E-state index in [0.29, 0.717) is 18.7 Å². The minimum absolute atomic E-state index is 0.00744. The molecule has 3 heterocycles. The molecule has 2 N–H and O–H groups in total. The molecule has 1 fully saturated rings. The molecule has 0 radical (unpaired) electrons. The predicted molar refractivity (Wildman–Crippen MR) is 103 cm³/mol. The minimum atomic E-state index is -0.549.